The SMILES string of the molecule is Cc1ccc(C(=O)NC2(CC(=O)O)CCC2)cc1[N+](=O)[O-]. The second-order valence-corrected chi connectivity index (χ2v) is 5.42. The van der Waals surface area contributed by atoms with Crippen LogP contribution < -0.4 is 5.32 Å². The first-order chi connectivity index (χ1) is 9.83. The van der Waals surface area contributed by atoms with E-state index in [1.54, 1.807) is 6.92 Å². The van der Waals surface area contributed by atoms with Crippen LogP contribution in [-0.2, 0) is 4.79 Å². The molecule has 0 spiro atoms. The van der Waals surface area contributed by atoms with E-state index in [0.29, 0.717) is 18.4 Å². The third-order valence-corrected chi connectivity index (χ3v) is 3.85. The quantitative estimate of drug-likeness (QED) is 0.637. The Morgan fingerprint density at radius 3 is 2.57 bits per heavy atom. The summed E-state index contributed by atoms with van der Waals surface area (Å²) in [6, 6.07) is 4.24. The van der Waals surface area contributed by atoms with Gasteiger partial charge in [0.1, 0.15) is 0 Å². The van der Waals surface area contributed by atoms with Crippen LogP contribution in [0.25, 0.3) is 0 Å². The van der Waals surface area contributed by atoms with Crippen LogP contribution in [0.5, 0.6) is 0 Å². The van der Waals surface area contributed by atoms with E-state index in [-0.39, 0.29) is 17.7 Å². The summed E-state index contributed by atoms with van der Waals surface area (Å²) in [4.78, 5) is 33.4. The molecule has 1 aromatic rings. The topological polar surface area (TPSA) is 110 Å². The molecule has 0 aromatic heterocycles. The number of carboxylic acid groups (broad SMARTS) is 1. The number of nitrogens with one attached hydrogen (secondary N) is 1. The molecule has 0 unspecified atom stereocenters. The van der Waals surface area contributed by atoms with Crippen molar-refractivity contribution in [3.8, 4) is 0 Å². The summed E-state index contributed by atoms with van der Waals surface area (Å²) in [6.45, 7) is 1.59. The number of nitrogens with zero attached hydrogens (tertiary/aromatic N) is 1. The van der Waals surface area contributed by atoms with E-state index < -0.39 is 22.3 Å². The van der Waals surface area contributed by atoms with Gasteiger partial charge in [0, 0.05) is 17.2 Å². The fourth-order valence-electron chi connectivity index (χ4n) is 2.50. The van der Waals surface area contributed by atoms with E-state index >= 15 is 0 Å². The van der Waals surface area contributed by atoms with Crippen LogP contribution in [0.2, 0.25) is 0 Å². The largest absolute Gasteiger partial charge is 0.481 e. The number of carbonyl (C=O) groups excluding carboxylic acids is 1. The van der Waals surface area contributed by atoms with Crippen molar-refractivity contribution in [1.29, 1.82) is 0 Å². The molecule has 1 aromatic carbocycles. The third-order valence-electron chi connectivity index (χ3n) is 3.85. The highest BCUT2D eigenvalue weighted by molar-refractivity contribution is 5.95. The van der Waals surface area contributed by atoms with E-state index in [1.807, 2.05) is 0 Å². The Bertz CT molecular complexity index is 607. The molecule has 7 heteroatoms. The van der Waals surface area contributed by atoms with Crippen LogP contribution >= 0.6 is 0 Å². The fourth-order valence-corrected chi connectivity index (χ4v) is 2.50. The number of nitro groups is 1. The highest BCUT2D eigenvalue weighted by Gasteiger charge is 2.40. The Hall–Kier alpha value is -2.44. The summed E-state index contributed by atoms with van der Waals surface area (Å²) < 4.78 is 0. The average Bonchev–Trinajstić information content (AvgIpc) is 2.35. The second-order valence-electron chi connectivity index (χ2n) is 5.42. The van der Waals surface area contributed by atoms with Gasteiger partial charge < -0.3 is 10.4 Å². The van der Waals surface area contributed by atoms with Gasteiger partial charge in [0.25, 0.3) is 11.6 Å². The number of rotatable bonds is 5. The Balaban J connectivity index is 2.18. The van der Waals surface area contributed by atoms with Gasteiger partial charge in [-0.2, -0.15) is 0 Å². The monoisotopic (exact) mass is 292 g/mol. The molecule has 0 heterocycles. The molecule has 0 saturated heterocycles. The predicted molar refractivity (Wildman–Crippen MR) is 74.1 cm³/mol. The fraction of sp³-hybridized carbons (Fsp3) is 0.429. The predicted octanol–water partition coefficient (Wildman–Crippen LogP) is 2.03. The molecule has 1 fully saturated rings. The van der Waals surface area contributed by atoms with E-state index in [2.05, 4.69) is 5.32 Å². The van der Waals surface area contributed by atoms with Crippen LogP contribution in [0.4, 0.5) is 5.69 Å². The van der Waals surface area contributed by atoms with Gasteiger partial charge in [0.2, 0.25) is 0 Å². The van der Waals surface area contributed by atoms with Crippen LogP contribution in [0.15, 0.2) is 18.2 Å². The number of aryl methyl sites for hydroxylation is 1. The number of aliphatic carboxylic acids is 1. The Morgan fingerprint density at radius 2 is 2.10 bits per heavy atom. The molecule has 7 nitrogen and oxygen atoms in total. The lowest BCUT2D eigenvalue weighted by atomic mass is 9.74. The van der Waals surface area contributed by atoms with Crippen molar-refractivity contribution in [2.75, 3.05) is 0 Å². The lowest BCUT2D eigenvalue weighted by Gasteiger charge is -2.41. The van der Waals surface area contributed by atoms with Crippen molar-refractivity contribution < 1.29 is 19.6 Å². The number of carboxylic acids is 1. The van der Waals surface area contributed by atoms with Crippen molar-refractivity contribution in [1.82, 2.24) is 5.32 Å². The van der Waals surface area contributed by atoms with E-state index in [0.717, 1.165) is 6.42 Å². The standard InChI is InChI=1S/C14H16N2O5/c1-9-3-4-10(7-11(9)16(20)21)13(19)15-14(5-2-6-14)8-12(17)18/h3-4,7H,2,5-6,8H2,1H3,(H,15,19)(H,17,18). The zero-order valence-corrected chi connectivity index (χ0v) is 11.6. The molecule has 112 valence electrons. The zero-order chi connectivity index (χ0) is 15.6. The smallest absolute Gasteiger partial charge is 0.305 e. The van der Waals surface area contributed by atoms with Crippen molar-refractivity contribution in [2.45, 2.75) is 38.1 Å². The number of carbonyl (C=O) groups is 2. The lowest BCUT2D eigenvalue weighted by molar-refractivity contribution is -0.385. The van der Waals surface area contributed by atoms with Gasteiger partial charge in [-0.1, -0.05) is 6.07 Å². The summed E-state index contributed by atoms with van der Waals surface area (Å²) in [5.74, 6) is -1.44. The van der Waals surface area contributed by atoms with E-state index in [9.17, 15) is 19.7 Å². The highest BCUT2D eigenvalue weighted by Crippen LogP contribution is 2.35. The molecule has 0 atom stereocenters. The number of benzene rings is 1. The van der Waals surface area contributed by atoms with Crippen LogP contribution in [0.3, 0.4) is 0 Å². The number of amides is 1. The molecule has 2 N–H and O–H groups in total. The van der Waals surface area contributed by atoms with Gasteiger partial charge in [-0.15, -0.1) is 0 Å². The molecule has 1 aliphatic carbocycles. The first kappa shape index (κ1) is 15.0. The molecule has 1 amide bonds. The van der Waals surface area contributed by atoms with Gasteiger partial charge >= 0.3 is 5.97 Å². The first-order valence-corrected chi connectivity index (χ1v) is 6.62. The minimum atomic E-state index is -0.968. The molecule has 1 saturated carbocycles. The molecule has 0 aliphatic heterocycles. The van der Waals surface area contributed by atoms with Crippen molar-refractivity contribution >= 4 is 17.6 Å². The second kappa shape index (κ2) is 5.51. The Kier molecular flexibility index (Phi) is 3.93. The molecule has 0 bridgehead atoms. The maximum absolute atomic E-state index is 12.2. The summed E-state index contributed by atoms with van der Waals surface area (Å²) in [5, 5.41) is 22.5. The van der Waals surface area contributed by atoms with Gasteiger partial charge in [0.15, 0.2) is 0 Å². The Labute approximate surface area is 121 Å². The molecule has 2 rings (SSSR count). The van der Waals surface area contributed by atoms with E-state index in [1.165, 1.54) is 18.2 Å². The van der Waals surface area contributed by atoms with Gasteiger partial charge in [-0.3, -0.25) is 19.7 Å². The van der Waals surface area contributed by atoms with Crippen LogP contribution in [0.1, 0.15) is 41.6 Å². The molecule has 21 heavy (non-hydrogen) atoms. The van der Waals surface area contributed by atoms with Gasteiger partial charge in [0.05, 0.1) is 16.9 Å². The van der Waals surface area contributed by atoms with Crippen molar-refractivity contribution in [3.05, 3.63) is 39.4 Å². The molecular formula is C14H16N2O5. The minimum Gasteiger partial charge on any atom is -0.481 e. The molecule has 1 aliphatic rings. The molecular weight excluding hydrogens is 276 g/mol. The number of hydrogen-bond acceptors (Lipinski definition) is 4. The minimum absolute atomic E-state index is 0.122. The highest BCUT2D eigenvalue weighted by atomic mass is 16.6. The van der Waals surface area contributed by atoms with Crippen LogP contribution in [0, 0.1) is 17.0 Å². The van der Waals surface area contributed by atoms with E-state index in [4.69, 9.17) is 5.11 Å². The normalized spacial score (nSPS) is 15.9. The summed E-state index contributed by atoms with van der Waals surface area (Å²) in [7, 11) is 0. The number of hydrogen-bond donors (Lipinski definition) is 2. The van der Waals surface area contributed by atoms with Crippen molar-refractivity contribution in [3.63, 3.8) is 0 Å². The lowest BCUT2D eigenvalue weighted by Crippen LogP contribution is -2.54. The van der Waals surface area contributed by atoms with Crippen LogP contribution in [-0.4, -0.2) is 27.4 Å². The maximum Gasteiger partial charge on any atom is 0.305 e. The summed E-state index contributed by atoms with van der Waals surface area (Å²) in [6.07, 6.45) is 1.95. The molecule has 0 radical (unpaired) electrons. The first-order valence-electron chi connectivity index (χ1n) is 6.62. The van der Waals surface area contributed by atoms with Crippen molar-refractivity contribution in [2.24, 2.45) is 0 Å². The van der Waals surface area contributed by atoms with Gasteiger partial charge in [-0.05, 0) is 32.3 Å². The Morgan fingerprint density at radius 1 is 1.43 bits per heavy atom. The summed E-state index contributed by atoms with van der Waals surface area (Å²) >= 11 is 0. The number of nitro benzene ring substituents is 1. The average molecular weight is 292 g/mol. The maximum atomic E-state index is 12.2. The van der Waals surface area contributed by atoms with Gasteiger partial charge in [-0.25, -0.2) is 0 Å². The summed E-state index contributed by atoms with van der Waals surface area (Å²) in [5.41, 5.74) is -0.198. The zero-order valence-electron chi connectivity index (χ0n) is 11.6. The third kappa shape index (κ3) is 3.18.